The lowest BCUT2D eigenvalue weighted by molar-refractivity contribution is 0.579. The van der Waals surface area contributed by atoms with Crippen LogP contribution >= 0.6 is 0 Å². The summed E-state index contributed by atoms with van der Waals surface area (Å²) in [6, 6.07) is 21.1. The van der Waals surface area contributed by atoms with Crippen molar-refractivity contribution >= 4 is 27.8 Å². The molecule has 1 aliphatic rings. The number of H-pyrrole nitrogens is 2. The van der Waals surface area contributed by atoms with Gasteiger partial charge in [-0.2, -0.15) is 5.10 Å². The van der Waals surface area contributed by atoms with Gasteiger partial charge in [-0.05, 0) is 54.7 Å². The average molecular weight is 515 g/mol. The summed E-state index contributed by atoms with van der Waals surface area (Å²) in [7, 11) is 0. The quantitative estimate of drug-likeness (QED) is 0.247. The number of imidazole rings is 1. The second-order valence-electron chi connectivity index (χ2n) is 10.2. The van der Waals surface area contributed by atoms with Crippen molar-refractivity contribution in [3.8, 4) is 22.6 Å². The number of benzene rings is 2. The molecule has 0 radical (unpaired) electrons. The van der Waals surface area contributed by atoms with E-state index < -0.39 is 0 Å². The fraction of sp³-hybridized carbons (Fsp3) is 0.226. The van der Waals surface area contributed by atoms with Gasteiger partial charge in [-0.1, -0.05) is 36.4 Å². The highest BCUT2D eigenvalue weighted by molar-refractivity contribution is 5.96. The first kappa shape index (κ1) is 23.5. The fourth-order valence-electron chi connectivity index (χ4n) is 5.45. The zero-order chi connectivity index (χ0) is 26.0. The van der Waals surface area contributed by atoms with E-state index in [0.29, 0.717) is 5.65 Å². The molecule has 5 heterocycles. The molecule has 2 aromatic carbocycles. The van der Waals surface area contributed by atoms with Crippen molar-refractivity contribution in [2.24, 2.45) is 0 Å². The number of hydrogen-bond donors (Lipinski definition) is 3. The van der Waals surface area contributed by atoms with Crippen LogP contribution in [0.5, 0.6) is 0 Å². The van der Waals surface area contributed by atoms with Crippen molar-refractivity contribution in [3.63, 3.8) is 0 Å². The van der Waals surface area contributed by atoms with Gasteiger partial charge >= 0.3 is 0 Å². The van der Waals surface area contributed by atoms with Gasteiger partial charge in [0, 0.05) is 55.9 Å². The van der Waals surface area contributed by atoms with Gasteiger partial charge in [-0.15, -0.1) is 0 Å². The molecule has 39 heavy (non-hydrogen) atoms. The number of hydrogen-bond acceptors (Lipinski definition) is 6. The van der Waals surface area contributed by atoms with Crippen molar-refractivity contribution in [1.29, 1.82) is 0 Å². The van der Waals surface area contributed by atoms with Gasteiger partial charge in [0.25, 0.3) is 0 Å². The molecule has 1 saturated heterocycles. The Morgan fingerprint density at radius 2 is 1.67 bits per heavy atom. The number of rotatable bonds is 7. The monoisotopic (exact) mass is 514 g/mol. The maximum Gasteiger partial charge on any atom is 0.181 e. The number of anilines is 1. The first-order valence-corrected chi connectivity index (χ1v) is 13.6. The smallest absolute Gasteiger partial charge is 0.181 e. The number of nitrogens with one attached hydrogen (secondary N) is 3. The van der Waals surface area contributed by atoms with Gasteiger partial charge in [-0.25, -0.2) is 9.97 Å². The molecule has 1 aliphatic heterocycles. The summed E-state index contributed by atoms with van der Waals surface area (Å²) in [4.78, 5) is 20.2. The minimum Gasteiger partial charge on any atom is -0.370 e. The molecular formula is C31H30N8. The van der Waals surface area contributed by atoms with Gasteiger partial charge in [-0.3, -0.25) is 10.1 Å². The van der Waals surface area contributed by atoms with Crippen LogP contribution < -0.4 is 10.2 Å². The first-order valence-electron chi connectivity index (χ1n) is 13.6. The van der Waals surface area contributed by atoms with E-state index in [1.54, 1.807) is 0 Å². The standard InChI is InChI=1S/C31H30N8/c1-3-8-21(9-4-1)16-32-17-22-14-23(19-33-18-22)24-15-25-28(37-38-30(25)34-20-24)31-35-26-10-7-11-27(29(26)36-31)39-12-5-2-6-13-39/h1,3-4,7-11,14-15,18-20,32H,2,5-6,12-13,16-17H2,(H,35,36)(H,34,37,38). The molecule has 0 spiro atoms. The molecule has 1 fully saturated rings. The third kappa shape index (κ3) is 4.75. The summed E-state index contributed by atoms with van der Waals surface area (Å²) in [5.41, 5.74) is 9.13. The van der Waals surface area contributed by atoms with Crippen LogP contribution in [0.1, 0.15) is 30.4 Å². The summed E-state index contributed by atoms with van der Waals surface area (Å²) >= 11 is 0. The van der Waals surface area contributed by atoms with E-state index in [1.807, 2.05) is 24.7 Å². The minimum atomic E-state index is 0.666. The summed E-state index contributed by atoms with van der Waals surface area (Å²) < 4.78 is 0. The Balaban J connectivity index is 1.18. The summed E-state index contributed by atoms with van der Waals surface area (Å²) in [6.07, 6.45) is 9.41. The summed E-state index contributed by atoms with van der Waals surface area (Å²) in [6.45, 7) is 3.71. The largest absolute Gasteiger partial charge is 0.370 e. The van der Waals surface area contributed by atoms with Crippen LogP contribution in [0.2, 0.25) is 0 Å². The van der Waals surface area contributed by atoms with Crippen molar-refractivity contribution < 1.29 is 0 Å². The minimum absolute atomic E-state index is 0.666. The molecule has 3 N–H and O–H groups in total. The molecule has 0 saturated carbocycles. The van der Waals surface area contributed by atoms with Gasteiger partial charge in [0.1, 0.15) is 11.2 Å². The highest BCUT2D eigenvalue weighted by Crippen LogP contribution is 2.32. The number of aromatic nitrogens is 6. The summed E-state index contributed by atoms with van der Waals surface area (Å²) in [5.74, 6) is 0.771. The molecule has 194 valence electrons. The highest BCUT2D eigenvalue weighted by Gasteiger charge is 2.19. The Kier molecular flexibility index (Phi) is 6.22. The van der Waals surface area contributed by atoms with E-state index in [9.17, 15) is 0 Å². The van der Waals surface area contributed by atoms with Crippen LogP contribution in [-0.2, 0) is 13.1 Å². The van der Waals surface area contributed by atoms with E-state index in [2.05, 4.69) is 90.0 Å². The molecule has 0 bridgehead atoms. The molecule has 0 unspecified atom stereocenters. The number of aromatic amines is 2. The second-order valence-corrected chi connectivity index (χ2v) is 10.2. The van der Waals surface area contributed by atoms with E-state index >= 15 is 0 Å². The van der Waals surface area contributed by atoms with Crippen LogP contribution in [0.3, 0.4) is 0 Å². The normalized spacial score (nSPS) is 13.9. The first-order chi connectivity index (χ1) is 19.3. The molecule has 0 atom stereocenters. The lowest BCUT2D eigenvalue weighted by atomic mass is 10.1. The number of nitrogens with zero attached hydrogens (tertiary/aromatic N) is 5. The maximum atomic E-state index is 5.04. The Bertz CT molecular complexity index is 1730. The number of fused-ring (bicyclic) bond motifs is 2. The molecule has 4 aromatic heterocycles. The van der Waals surface area contributed by atoms with Gasteiger partial charge in [0.05, 0.1) is 16.6 Å². The zero-order valence-corrected chi connectivity index (χ0v) is 21.7. The topological polar surface area (TPSA) is 98.4 Å². The molecule has 8 nitrogen and oxygen atoms in total. The number of pyridine rings is 2. The molecule has 0 aliphatic carbocycles. The molecule has 6 aromatic rings. The van der Waals surface area contributed by atoms with Crippen molar-refractivity contribution in [3.05, 3.63) is 90.4 Å². The Morgan fingerprint density at radius 3 is 2.56 bits per heavy atom. The average Bonchev–Trinajstić information content (AvgIpc) is 3.62. The molecule has 7 rings (SSSR count). The van der Waals surface area contributed by atoms with Crippen LogP contribution in [0.25, 0.3) is 44.7 Å². The van der Waals surface area contributed by atoms with Crippen molar-refractivity contribution in [1.82, 2.24) is 35.5 Å². The van der Waals surface area contributed by atoms with E-state index in [4.69, 9.17) is 4.98 Å². The third-order valence-corrected chi connectivity index (χ3v) is 7.46. The fourth-order valence-corrected chi connectivity index (χ4v) is 5.45. The predicted molar refractivity (Wildman–Crippen MR) is 155 cm³/mol. The van der Waals surface area contributed by atoms with Gasteiger partial charge in [0.15, 0.2) is 11.5 Å². The molecular weight excluding hydrogens is 484 g/mol. The van der Waals surface area contributed by atoms with Gasteiger partial charge in [0.2, 0.25) is 0 Å². The predicted octanol–water partition coefficient (Wildman–Crippen LogP) is 5.84. The van der Waals surface area contributed by atoms with E-state index in [1.165, 1.54) is 30.5 Å². The van der Waals surface area contributed by atoms with Crippen LogP contribution in [-0.4, -0.2) is 43.2 Å². The Morgan fingerprint density at radius 1 is 0.821 bits per heavy atom. The number of para-hydroxylation sites is 1. The van der Waals surface area contributed by atoms with Crippen molar-refractivity contribution in [2.75, 3.05) is 18.0 Å². The number of piperidine rings is 1. The van der Waals surface area contributed by atoms with E-state index in [0.717, 1.165) is 70.8 Å². The summed E-state index contributed by atoms with van der Waals surface area (Å²) in [5, 5.41) is 12.1. The van der Waals surface area contributed by atoms with Crippen LogP contribution in [0.4, 0.5) is 5.69 Å². The Labute approximate surface area is 226 Å². The van der Waals surface area contributed by atoms with Crippen molar-refractivity contribution in [2.45, 2.75) is 32.4 Å². The molecule has 0 amide bonds. The lowest BCUT2D eigenvalue weighted by Gasteiger charge is -2.28. The van der Waals surface area contributed by atoms with Crippen LogP contribution in [0.15, 0.2) is 79.3 Å². The van der Waals surface area contributed by atoms with Crippen LogP contribution in [0, 0.1) is 0 Å². The third-order valence-electron chi connectivity index (χ3n) is 7.46. The van der Waals surface area contributed by atoms with E-state index in [-0.39, 0.29) is 0 Å². The molecule has 8 heteroatoms. The van der Waals surface area contributed by atoms with Gasteiger partial charge < -0.3 is 15.2 Å². The zero-order valence-electron chi connectivity index (χ0n) is 21.7. The second kappa shape index (κ2) is 10.3. The maximum absolute atomic E-state index is 5.04. The Hall–Kier alpha value is -4.56. The highest BCUT2D eigenvalue weighted by atomic mass is 15.2. The lowest BCUT2D eigenvalue weighted by Crippen LogP contribution is -2.29. The SMILES string of the molecule is c1ccc(CNCc2cncc(-c3cnc4n[nH]c(-c5nc6c(N7CCCCC7)cccc6[nH]5)c4c3)c2)cc1.